The van der Waals surface area contributed by atoms with Gasteiger partial charge in [-0.3, -0.25) is 14.9 Å². The summed E-state index contributed by atoms with van der Waals surface area (Å²) in [7, 11) is 0. The molecular weight excluding hydrogens is 328 g/mol. The number of hydrogen-bond donors (Lipinski definition) is 1. The SMILES string of the molecule is CSc1ccc(C(=O)Nc2ccc(OC(C)C)cc2)cc1[N+](=O)[O-]. The summed E-state index contributed by atoms with van der Waals surface area (Å²) in [6.45, 7) is 3.86. The molecule has 0 saturated carbocycles. The van der Waals surface area contributed by atoms with Crippen molar-refractivity contribution in [3.05, 3.63) is 58.1 Å². The van der Waals surface area contributed by atoms with Gasteiger partial charge in [-0.05, 0) is 56.5 Å². The van der Waals surface area contributed by atoms with E-state index in [0.717, 1.165) is 0 Å². The van der Waals surface area contributed by atoms with Crippen LogP contribution in [0.4, 0.5) is 11.4 Å². The Morgan fingerprint density at radius 1 is 1.21 bits per heavy atom. The molecule has 6 nitrogen and oxygen atoms in total. The maximum atomic E-state index is 12.3. The van der Waals surface area contributed by atoms with Crippen molar-refractivity contribution in [3.8, 4) is 5.75 Å². The van der Waals surface area contributed by atoms with Crippen molar-refractivity contribution in [1.82, 2.24) is 0 Å². The molecule has 0 spiro atoms. The molecule has 1 N–H and O–H groups in total. The molecule has 0 aliphatic heterocycles. The number of amides is 1. The maximum absolute atomic E-state index is 12.3. The van der Waals surface area contributed by atoms with E-state index in [2.05, 4.69) is 5.32 Å². The van der Waals surface area contributed by atoms with Crippen LogP contribution in [0.25, 0.3) is 0 Å². The van der Waals surface area contributed by atoms with Gasteiger partial charge >= 0.3 is 0 Å². The predicted molar refractivity (Wildman–Crippen MR) is 95.0 cm³/mol. The second-order valence-corrected chi connectivity index (χ2v) is 6.14. The Balaban J connectivity index is 2.15. The Labute approximate surface area is 144 Å². The number of nitro groups is 1. The molecule has 0 aliphatic carbocycles. The average molecular weight is 346 g/mol. The van der Waals surface area contributed by atoms with Crippen LogP contribution in [-0.4, -0.2) is 23.2 Å². The van der Waals surface area contributed by atoms with Gasteiger partial charge in [-0.15, -0.1) is 11.8 Å². The minimum atomic E-state index is -0.485. The Hall–Kier alpha value is -2.54. The van der Waals surface area contributed by atoms with Crippen molar-refractivity contribution >= 4 is 29.0 Å². The van der Waals surface area contributed by atoms with E-state index in [1.165, 1.54) is 17.8 Å². The van der Waals surface area contributed by atoms with Crippen molar-refractivity contribution in [2.45, 2.75) is 24.8 Å². The maximum Gasteiger partial charge on any atom is 0.283 e. The molecule has 0 aliphatic rings. The normalized spacial score (nSPS) is 10.5. The van der Waals surface area contributed by atoms with Gasteiger partial charge in [0.15, 0.2) is 0 Å². The highest BCUT2D eigenvalue weighted by molar-refractivity contribution is 7.98. The van der Waals surface area contributed by atoms with Crippen molar-refractivity contribution in [2.75, 3.05) is 11.6 Å². The van der Waals surface area contributed by atoms with E-state index in [1.807, 2.05) is 13.8 Å². The molecular formula is C17H18N2O4S. The standard InChI is InChI=1S/C17H18N2O4S/c1-11(2)23-14-7-5-13(6-8-14)18-17(20)12-4-9-16(24-3)15(10-12)19(21)22/h4-11H,1-3H3,(H,18,20). The number of carbonyl (C=O) groups is 1. The zero-order valence-corrected chi connectivity index (χ0v) is 14.4. The third-order valence-corrected chi connectivity index (χ3v) is 3.91. The van der Waals surface area contributed by atoms with Gasteiger partial charge in [0, 0.05) is 17.3 Å². The lowest BCUT2D eigenvalue weighted by atomic mass is 10.2. The number of carbonyl (C=O) groups excluding carboxylic acids is 1. The summed E-state index contributed by atoms with van der Waals surface area (Å²) < 4.78 is 5.54. The van der Waals surface area contributed by atoms with Crippen molar-refractivity contribution in [1.29, 1.82) is 0 Å². The van der Waals surface area contributed by atoms with E-state index in [1.54, 1.807) is 42.7 Å². The van der Waals surface area contributed by atoms with E-state index < -0.39 is 10.8 Å². The lowest BCUT2D eigenvalue weighted by Crippen LogP contribution is -2.12. The van der Waals surface area contributed by atoms with Crippen LogP contribution in [0.3, 0.4) is 0 Å². The highest BCUT2D eigenvalue weighted by atomic mass is 32.2. The van der Waals surface area contributed by atoms with Gasteiger partial charge in [0.1, 0.15) is 5.75 Å². The van der Waals surface area contributed by atoms with Crippen LogP contribution >= 0.6 is 11.8 Å². The van der Waals surface area contributed by atoms with E-state index >= 15 is 0 Å². The van der Waals surface area contributed by atoms with Crippen LogP contribution < -0.4 is 10.1 Å². The van der Waals surface area contributed by atoms with Crippen LogP contribution in [0, 0.1) is 10.1 Å². The number of ether oxygens (including phenoxy) is 1. The first-order valence-corrected chi connectivity index (χ1v) is 8.53. The number of hydrogen-bond acceptors (Lipinski definition) is 5. The zero-order valence-electron chi connectivity index (χ0n) is 13.6. The largest absolute Gasteiger partial charge is 0.491 e. The van der Waals surface area contributed by atoms with E-state index in [-0.39, 0.29) is 17.4 Å². The van der Waals surface area contributed by atoms with Crippen LogP contribution in [0.15, 0.2) is 47.4 Å². The van der Waals surface area contributed by atoms with Gasteiger partial charge in [0.25, 0.3) is 11.6 Å². The summed E-state index contributed by atoms with van der Waals surface area (Å²) in [5.74, 6) is 0.311. The minimum Gasteiger partial charge on any atom is -0.491 e. The quantitative estimate of drug-likeness (QED) is 0.477. The predicted octanol–water partition coefficient (Wildman–Crippen LogP) is 4.36. The van der Waals surface area contributed by atoms with E-state index in [4.69, 9.17) is 4.74 Å². The lowest BCUT2D eigenvalue weighted by molar-refractivity contribution is -0.387. The molecule has 7 heteroatoms. The fraction of sp³-hybridized carbons (Fsp3) is 0.235. The molecule has 2 rings (SSSR count). The Morgan fingerprint density at radius 3 is 2.42 bits per heavy atom. The molecule has 0 fully saturated rings. The molecule has 0 heterocycles. The molecule has 2 aromatic carbocycles. The molecule has 0 bridgehead atoms. The third kappa shape index (κ3) is 4.48. The van der Waals surface area contributed by atoms with Crippen LogP contribution in [-0.2, 0) is 0 Å². The van der Waals surface area contributed by atoms with Crippen molar-refractivity contribution in [2.24, 2.45) is 0 Å². The first-order valence-electron chi connectivity index (χ1n) is 7.31. The summed E-state index contributed by atoms with van der Waals surface area (Å²) in [5.41, 5.74) is 0.755. The summed E-state index contributed by atoms with van der Waals surface area (Å²) in [4.78, 5) is 23.4. The highest BCUT2D eigenvalue weighted by Crippen LogP contribution is 2.28. The minimum absolute atomic E-state index is 0.0703. The molecule has 2 aromatic rings. The molecule has 0 atom stereocenters. The molecule has 0 radical (unpaired) electrons. The van der Waals surface area contributed by atoms with Gasteiger partial charge in [-0.1, -0.05) is 0 Å². The Bertz CT molecular complexity index is 745. The number of rotatable bonds is 6. The molecule has 24 heavy (non-hydrogen) atoms. The molecule has 126 valence electrons. The molecule has 0 saturated heterocycles. The smallest absolute Gasteiger partial charge is 0.283 e. The lowest BCUT2D eigenvalue weighted by Gasteiger charge is -2.11. The first kappa shape index (κ1) is 17.8. The van der Waals surface area contributed by atoms with Crippen LogP contribution in [0.1, 0.15) is 24.2 Å². The molecule has 1 amide bonds. The summed E-state index contributed by atoms with van der Waals surface area (Å²) in [6.07, 6.45) is 1.82. The average Bonchev–Trinajstić information content (AvgIpc) is 2.55. The second kappa shape index (κ2) is 7.83. The van der Waals surface area contributed by atoms with Gasteiger partial charge < -0.3 is 10.1 Å². The monoisotopic (exact) mass is 346 g/mol. The van der Waals surface area contributed by atoms with Crippen LogP contribution in [0.5, 0.6) is 5.75 Å². The topological polar surface area (TPSA) is 81.5 Å². The number of benzene rings is 2. The van der Waals surface area contributed by atoms with Gasteiger partial charge in [-0.2, -0.15) is 0 Å². The second-order valence-electron chi connectivity index (χ2n) is 5.29. The number of nitro benzene ring substituents is 1. The van der Waals surface area contributed by atoms with Crippen LogP contribution in [0.2, 0.25) is 0 Å². The van der Waals surface area contributed by atoms with Gasteiger partial charge in [0.2, 0.25) is 0 Å². The van der Waals surface area contributed by atoms with Crippen molar-refractivity contribution in [3.63, 3.8) is 0 Å². The zero-order chi connectivity index (χ0) is 17.7. The van der Waals surface area contributed by atoms with Crippen molar-refractivity contribution < 1.29 is 14.5 Å². The number of anilines is 1. The summed E-state index contributed by atoms with van der Waals surface area (Å²) in [5, 5.41) is 13.8. The van der Waals surface area contributed by atoms with E-state index in [9.17, 15) is 14.9 Å². The number of nitrogens with zero attached hydrogens (tertiary/aromatic N) is 1. The number of thioether (sulfide) groups is 1. The first-order chi connectivity index (χ1) is 11.4. The van der Waals surface area contributed by atoms with Gasteiger partial charge in [-0.25, -0.2) is 0 Å². The third-order valence-electron chi connectivity index (χ3n) is 3.12. The fourth-order valence-corrected chi connectivity index (χ4v) is 2.61. The van der Waals surface area contributed by atoms with E-state index in [0.29, 0.717) is 16.3 Å². The highest BCUT2D eigenvalue weighted by Gasteiger charge is 2.17. The molecule has 0 aromatic heterocycles. The Kier molecular flexibility index (Phi) is 5.81. The molecule has 0 unspecified atom stereocenters. The summed E-state index contributed by atoms with van der Waals surface area (Å²) in [6, 6.07) is 11.4. The Morgan fingerprint density at radius 2 is 1.88 bits per heavy atom. The fourth-order valence-electron chi connectivity index (χ4n) is 2.07. The van der Waals surface area contributed by atoms with Gasteiger partial charge in [0.05, 0.1) is 15.9 Å². The summed E-state index contributed by atoms with van der Waals surface area (Å²) >= 11 is 1.27. The number of nitrogens with one attached hydrogen (secondary N) is 1.